The molecule has 0 atom stereocenters. The third-order valence-corrected chi connectivity index (χ3v) is 6.04. The second-order valence-corrected chi connectivity index (χ2v) is 8.60. The van der Waals surface area contributed by atoms with E-state index in [1.54, 1.807) is 0 Å². The molecule has 2 heterocycles. The summed E-state index contributed by atoms with van der Waals surface area (Å²) in [5.41, 5.74) is 1.78. The van der Waals surface area contributed by atoms with E-state index in [0.717, 1.165) is 56.5 Å². The number of nitrogens with zero attached hydrogens (tertiary/aromatic N) is 3. The molecule has 0 amide bonds. The Labute approximate surface area is 200 Å². The first-order valence-corrected chi connectivity index (χ1v) is 11.6. The van der Waals surface area contributed by atoms with Gasteiger partial charge in [-0.2, -0.15) is 0 Å². The number of hydrogen-bond donors (Lipinski definition) is 1. The molecule has 4 rings (SSSR count). The van der Waals surface area contributed by atoms with E-state index in [1.165, 1.54) is 12.1 Å². The lowest BCUT2D eigenvalue weighted by molar-refractivity contribution is -0.137. The van der Waals surface area contributed by atoms with Crippen LogP contribution in [0.1, 0.15) is 44.2 Å². The number of aromatic nitrogens is 2. The molecule has 184 valence electrons. The van der Waals surface area contributed by atoms with Crippen molar-refractivity contribution in [1.29, 1.82) is 0 Å². The van der Waals surface area contributed by atoms with Gasteiger partial charge in [-0.1, -0.05) is 12.8 Å². The summed E-state index contributed by atoms with van der Waals surface area (Å²) < 4.78 is 55.2. The van der Waals surface area contributed by atoms with Crippen LogP contribution in [0.2, 0.25) is 0 Å². The van der Waals surface area contributed by atoms with Crippen molar-refractivity contribution in [2.75, 3.05) is 18.0 Å². The van der Waals surface area contributed by atoms with Crippen LogP contribution in [0.3, 0.4) is 0 Å². The zero-order valence-electron chi connectivity index (χ0n) is 19.0. The SMILES string of the molecule is O=C(O)CCCCCCN1CCCc2nc(-c3ccc(F)c(F)c3)c(-c3ccc(F)c(F)c3)nc21. The number of halogens is 4. The second-order valence-electron chi connectivity index (χ2n) is 8.60. The van der Waals surface area contributed by atoms with Crippen molar-refractivity contribution in [2.45, 2.75) is 44.9 Å². The fourth-order valence-electron chi connectivity index (χ4n) is 4.27. The number of aryl methyl sites for hydroxylation is 1. The Balaban J connectivity index is 1.68. The summed E-state index contributed by atoms with van der Waals surface area (Å²) in [7, 11) is 0. The first-order valence-electron chi connectivity index (χ1n) is 11.6. The topological polar surface area (TPSA) is 66.3 Å². The van der Waals surface area contributed by atoms with Crippen molar-refractivity contribution in [3.05, 3.63) is 65.4 Å². The number of carbonyl (C=O) groups is 1. The lowest BCUT2D eigenvalue weighted by Crippen LogP contribution is -2.32. The zero-order valence-corrected chi connectivity index (χ0v) is 19.0. The highest BCUT2D eigenvalue weighted by molar-refractivity contribution is 5.79. The van der Waals surface area contributed by atoms with Crippen LogP contribution in [0, 0.1) is 23.3 Å². The van der Waals surface area contributed by atoms with E-state index in [1.807, 2.05) is 0 Å². The Bertz CT molecular complexity index is 1240. The maximum Gasteiger partial charge on any atom is 0.303 e. The van der Waals surface area contributed by atoms with Crippen LogP contribution >= 0.6 is 0 Å². The number of unbranched alkanes of at least 4 members (excludes halogenated alkanes) is 3. The van der Waals surface area contributed by atoms with Crippen molar-refractivity contribution < 1.29 is 27.5 Å². The van der Waals surface area contributed by atoms with Gasteiger partial charge < -0.3 is 10.0 Å². The van der Waals surface area contributed by atoms with Gasteiger partial charge in [0.2, 0.25) is 0 Å². The number of hydrogen-bond acceptors (Lipinski definition) is 4. The molecule has 0 spiro atoms. The predicted molar refractivity (Wildman–Crippen MR) is 124 cm³/mol. The van der Waals surface area contributed by atoms with Crippen LogP contribution in [0.25, 0.3) is 22.5 Å². The van der Waals surface area contributed by atoms with Gasteiger partial charge in [0.15, 0.2) is 29.1 Å². The molecule has 1 N–H and O–H groups in total. The molecule has 0 saturated carbocycles. The minimum absolute atomic E-state index is 0.155. The number of fused-ring (bicyclic) bond motifs is 1. The Morgan fingerprint density at radius 1 is 0.829 bits per heavy atom. The number of aliphatic carboxylic acids is 1. The fraction of sp³-hybridized carbons (Fsp3) is 0.346. The van der Waals surface area contributed by atoms with Gasteiger partial charge in [-0.3, -0.25) is 4.79 Å². The Morgan fingerprint density at radius 2 is 1.43 bits per heavy atom. The lowest BCUT2D eigenvalue weighted by Gasteiger charge is -2.30. The van der Waals surface area contributed by atoms with Crippen LogP contribution in [0.15, 0.2) is 36.4 Å². The average molecular weight is 487 g/mol. The highest BCUT2D eigenvalue weighted by Gasteiger charge is 2.24. The molecule has 0 bridgehead atoms. The molecule has 3 aromatic rings. The van der Waals surface area contributed by atoms with E-state index < -0.39 is 29.2 Å². The molecule has 2 aromatic carbocycles. The van der Waals surface area contributed by atoms with Crippen molar-refractivity contribution in [3.8, 4) is 22.5 Å². The number of anilines is 1. The lowest BCUT2D eigenvalue weighted by atomic mass is 10.0. The van der Waals surface area contributed by atoms with Crippen molar-refractivity contribution in [1.82, 2.24) is 9.97 Å². The third-order valence-electron chi connectivity index (χ3n) is 6.04. The number of rotatable bonds is 9. The fourth-order valence-corrected chi connectivity index (χ4v) is 4.27. The second kappa shape index (κ2) is 10.8. The standard InChI is InChI=1S/C26H25F4N3O2/c27-18-10-8-16(14-20(18)29)24-25(17-9-11-19(28)21(30)15-17)32-26-22(31-24)6-5-13-33(26)12-4-2-1-3-7-23(34)35/h8-11,14-15H,1-7,12-13H2,(H,34,35). The molecule has 0 radical (unpaired) electrons. The van der Waals surface area contributed by atoms with E-state index >= 15 is 0 Å². The maximum atomic E-state index is 14.1. The monoisotopic (exact) mass is 487 g/mol. The molecule has 1 aliphatic rings. The van der Waals surface area contributed by atoms with E-state index in [4.69, 9.17) is 15.1 Å². The van der Waals surface area contributed by atoms with Crippen LogP contribution in [0.4, 0.5) is 23.4 Å². The number of carboxylic acid groups (broad SMARTS) is 1. The maximum absolute atomic E-state index is 14.1. The van der Waals surface area contributed by atoms with Gasteiger partial charge in [0.05, 0.1) is 17.1 Å². The summed E-state index contributed by atoms with van der Waals surface area (Å²) in [6, 6.07) is 6.80. The molecule has 0 fully saturated rings. The van der Waals surface area contributed by atoms with E-state index in [-0.39, 0.29) is 28.9 Å². The minimum atomic E-state index is -1.04. The van der Waals surface area contributed by atoms with Gasteiger partial charge in [0.1, 0.15) is 0 Å². The van der Waals surface area contributed by atoms with E-state index in [9.17, 15) is 22.4 Å². The predicted octanol–water partition coefficient (Wildman–Crippen LogP) is 6.15. The largest absolute Gasteiger partial charge is 0.481 e. The molecule has 0 aliphatic carbocycles. The van der Waals surface area contributed by atoms with E-state index in [0.29, 0.717) is 30.9 Å². The minimum Gasteiger partial charge on any atom is -0.481 e. The highest BCUT2D eigenvalue weighted by Crippen LogP contribution is 2.35. The van der Waals surface area contributed by atoms with Gasteiger partial charge in [0.25, 0.3) is 0 Å². The van der Waals surface area contributed by atoms with Gasteiger partial charge in [-0.15, -0.1) is 0 Å². The summed E-state index contributed by atoms with van der Waals surface area (Å²) in [6.07, 6.45) is 4.79. The molecule has 9 heteroatoms. The summed E-state index contributed by atoms with van der Waals surface area (Å²) in [5, 5.41) is 8.76. The molecular weight excluding hydrogens is 462 g/mol. The van der Waals surface area contributed by atoms with E-state index in [2.05, 4.69) is 4.90 Å². The molecule has 1 aliphatic heterocycles. The smallest absolute Gasteiger partial charge is 0.303 e. The molecule has 35 heavy (non-hydrogen) atoms. The molecule has 5 nitrogen and oxygen atoms in total. The zero-order chi connectivity index (χ0) is 24.9. The highest BCUT2D eigenvalue weighted by atomic mass is 19.2. The van der Waals surface area contributed by atoms with Crippen molar-refractivity contribution in [2.24, 2.45) is 0 Å². The molecule has 1 aromatic heterocycles. The summed E-state index contributed by atoms with van der Waals surface area (Å²) in [5.74, 6) is -4.25. The normalized spacial score (nSPS) is 13.1. The quantitative estimate of drug-likeness (QED) is 0.290. The summed E-state index contributed by atoms with van der Waals surface area (Å²) >= 11 is 0. The van der Waals surface area contributed by atoms with Crippen LogP contribution in [-0.2, 0) is 11.2 Å². The Morgan fingerprint density at radius 3 is 2.03 bits per heavy atom. The number of carboxylic acids is 1. The molecule has 0 unspecified atom stereocenters. The summed E-state index contributed by atoms with van der Waals surface area (Å²) in [4.78, 5) is 22.3. The number of benzene rings is 2. The van der Waals surface area contributed by atoms with Crippen LogP contribution in [0.5, 0.6) is 0 Å². The van der Waals surface area contributed by atoms with Crippen molar-refractivity contribution >= 4 is 11.8 Å². The first-order chi connectivity index (χ1) is 16.8. The van der Waals surface area contributed by atoms with Crippen LogP contribution < -0.4 is 4.90 Å². The average Bonchev–Trinajstić information content (AvgIpc) is 2.84. The van der Waals surface area contributed by atoms with Gasteiger partial charge in [0, 0.05) is 30.6 Å². The first kappa shape index (κ1) is 24.6. The van der Waals surface area contributed by atoms with Gasteiger partial charge in [-0.05, 0) is 62.1 Å². The Hall–Kier alpha value is -3.49. The van der Waals surface area contributed by atoms with Gasteiger partial charge in [-0.25, -0.2) is 27.5 Å². The summed E-state index contributed by atoms with van der Waals surface area (Å²) in [6.45, 7) is 1.44. The molecular formula is C26H25F4N3O2. The third kappa shape index (κ3) is 5.78. The van der Waals surface area contributed by atoms with Gasteiger partial charge >= 0.3 is 5.97 Å². The van der Waals surface area contributed by atoms with Crippen molar-refractivity contribution in [3.63, 3.8) is 0 Å². The molecule has 0 saturated heterocycles. The Kier molecular flexibility index (Phi) is 7.63. The van der Waals surface area contributed by atoms with Crippen LogP contribution in [-0.4, -0.2) is 34.1 Å².